The van der Waals surface area contributed by atoms with Crippen molar-refractivity contribution in [3.8, 4) is 0 Å². The van der Waals surface area contributed by atoms with Crippen LogP contribution in [0.5, 0.6) is 0 Å². The SMILES string of the molecule is CCCCCCCCCCCCC(O)(CC)N(C)CC(O)O. The summed E-state index contributed by atoms with van der Waals surface area (Å²) in [5, 5.41) is 28.6. The van der Waals surface area contributed by atoms with Crippen molar-refractivity contribution >= 4 is 0 Å². The van der Waals surface area contributed by atoms with Gasteiger partial charge < -0.3 is 15.3 Å². The topological polar surface area (TPSA) is 63.9 Å². The maximum Gasteiger partial charge on any atom is 0.164 e. The van der Waals surface area contributed by atoms with Gasteiger partial charge in [-0.05, 0) is 26.3 Å². The predicted octanol–water partition coefficient (Wildman–Crippen LogP) is 3.64. The molecule has 1 unspecified atom stereocenters. The van der Waals surface area contributed by atoms with E-state index in [0.717, 1.165) is 12.8 Å². The molecule has 0 saturated carbocycles. The van der Waals surface area contributed by atoms with Crippen LogP contribution in [0, 0.1) is 0 Å². The Balaban J connectivity index is 3.66. The maximum absolute atomic E-state index is 10.6. The van der Waals surface area contributed by atoms with Crippen molar-refractivity contribution in [2.75, 3.05) is 13.6 Å². The number of likely N-dealkylation sites (N-methyl/N-ethyl adjacent to an activating group) is 1. The molecule has 0 bridgehead atoms. The lowest BCUT2D eigenvalue weighted by molar-refractivity contribution is -0.147. The predicted molar refractivity (Wildman–Crippen MR) is 92.6 cm³/mol. The van der Waals surface area contributed by atoms with Gasteiger partial charge in [0.2, 0.25) is 0 Å². The Morgan fingerprint density at radius 2 is 1.27 bits per heavy atom. The second-order valence-electron chi connectivity index (χ2n) is 6.63. The highest BCUT2D eigenvalue weighted by atomic mass is 16.5. The van der Waals surface area contributed by atoms with Crippen molar-refractivity contribution in [1.29, 1.82) is 0 Å². The number of hydrogen-bond donors (Lipinski definition) is 3. The minimum atomic E-state index is -1.39. The van der Waals surface area contributed by atoms with Gasteiger partial charge in [0.05, 0.1) is 6.54 Å². The van der Waals surface area contributed by atoms with Crippen LogP contribution in [0.3, 0.4) is 0 Å². The second-order valence-corrected chi connectivity index (χ2v) is 6.63. The molecular formula is C18H39NO3. The van der Waals surface area contributed by atoms with Gasteiger partial charge in [0, 0.05) is 0 Å². The van der Waals surface area contributed by atoms with Crippen LogP contribution in [0.25, 0.3) is 0 Å². The Morgan fingerprint density at radius 1 is 0.818 bits per heavy atom. The summed E-state index contributed by atoms with van der Waals surface area (Å²) in [4.78, 5) is 1.66. The van der Waals surface area contributed by atoms with Crippen LogP contribution in [-0.4, -0.2) is 45.8 Å². The molecule has 0 saturated heterocycles. The number of aliphatic hydroxyl groups excluding tert-OH is 1. The molecule has 0 aromatic rings. The van der Waals surface area contributed by atoms with Gasteiger partial charge in [0.1, 0.15) is 5.72 Å². The zero-order valence-corrected chi connectivity index (χ0v) is 15.1. The van der Waals surface area contributed by atoms with E-state index in [1.807, 2.05) is 6.92 Å². The van der Waals surface area contributed by atoms with E-state index < -0.39 is 12.0 Å². The molecule has 0 radical (unpaired) electrons. The smallest absolute Gasteiger partial charge is 0.164 e. The van der Waals surface area contributed by atoms with Gasteiger partial charge in [0.15, 0.2) is 6.29 Å². The van der Waals surface area contributed by atoms with E-state index in [-0.39, 0.29) is 6.54 Å². The standard InChI is InChI=1S/C18H39NO3/c1-4-6-7-8-9-10-11-12-13-14-15-18(22,5-2)19(3)16-17(20)21/h17,20-22H,4-16H2,1-3H3. The quantitative estimate of drug-likeness (QED) is 0.319. The number of unbranched alkanes of at least 4 members (excludes halogenated alkanes) is 9. The van der Waals surface area contributed by atoms with E-state index in [1.54, 1.807) is 11.9 Å². The first-order valence-electron chi connectivity index (χ1n) is 9.26. The van der Waals surface area contributed by atoms with Crippen LogP contribution in [-0.2, 0) is 0 Å². The van der Waals surface area contributed by atoms with E-state index in [9.17, 15) is 5.11 Å². The van der Waals surface area contributed by atoms with Gasteiger partial charge >= 0.3 is 0 Å². The molecule has 0 heterocycles. The highest BCUT2D eigenvalue weighted by molar-refractivity contribution is 4.76. The molecule has 3 N–H and O–H groups in total. The number of aliphatic hydroxyl groups is 3. The molecule has 0 amide bonds. The van der Waals surface area contributed by atoms with Gasteiger partial charge in [-0.1, -0.05) is 71.6 Å². The van der Waals surface area contributed by atoms with Crippen LogP contribution in [0.4, 0.5) is 0 Å². The normalized spacial score (nSPS) is 14.7. The summed E-state index contributed by atoms with van der Waals surface area (Å²) in [6, 6.07) is 0. The molecular weight excluding hydrogens is 278 g/mol. The van der Waals surface area contributed by atoms with E-state index >= 15 is 0 Å². The highest BCUT2D eigenvalue weighted by Crippen LogP contribution is 2.23. The minimum absolute atomic E-state index is 0.0854. The van der Waals surface area contributed by atoms with Gasteiger partial charge in [-0.15, -0.1) is 0 Å². The van der Waals surface area contributed by atoms with Gasteiger partial charge in [-0.25, -0.2) is 0 Å². The number of rotatable bonds is 15. The zero-order chi connectivity index (χ0) is 16.8. The third-order valence-electron chi connectivity index (χ3n) is 4.64. The molecule has 0 spiro atoms. The van der Waals surface area contributed by atoms with Crippen molar-refractivity contribution in [2.45, 2.75) is 103 Å². The van der Waals surface area contributed by atoms with Crippen LogP contribution < -0.4 is 0 Å². The lowest BCUT2D eigenvalue weighted by Gasteiger charge is -2.37. The van der Waals surface area contributed by atoms with Crippen LogP contribution in [0.15, 0.2) is 0 Å². The van der Waals surface area contributed by atoms with Crippen molar-refractivity contribution in [3.63, 3.8) is 0 Å². The molecule has 0 aromatic carbocycles. The average molecular weight is 318 g/mol. The zero-order valence-electron chi connectivity index (χ0n) is 15.1. The Hall–Kier alpha value is -0.160. The molecule has 0 fully saturated rings. The lowest BCUT2D eigenvalue weighted by atomic mass is 9.99. The fraction of sp³-hybridized carbons (Fsp3) is 1.00. The van der Waals surface area contributed by atoms with E-state index in [4.69, 9.17) is 10.2 Å². The van der Waals surface area contributed by atoms with Crippen LogP contribution in [0.2, 0.25) is 0 Å². The van der Waals surface area contributed by atoms with Crippen molar-refractivity contribution < 1.29 is 15.3 Å². The molecule has 4 heteroatoms. The first-order chi connectivity index (χ1) is 10.5. The van der Waals surface area contributed by atoms with Crippen LogP contribution in [0.1, 0.15) is 90.9 Å². The van der Waals surface area contributed by atoms with Gasteiger partial charge in [-0.3, -0.25) is 4.90 Å². The fourth-order valence-corrected chi connectivity index (χ4v) is 2.95. The molecule has 4 nitrogen and oxygen atoms in total. The molecule has 0 rings (SSSR count). The van der Waals surface area contributed by atoms with E-state index in [1.165, 1.54) is 51.4 Å². The number of hydrogen-bond acceptors (Lipinski definition) is 4. The fourth-order valence-electron chi connectivity index (χ4n) is 2.95. The molecule has 0 aromatic heterocycles. The van der Waals surface area contributed by atoms with Crippen LogP contribution >= 0.6 is 0 Å². The summed E-state index contributed by atoms with van der Waals surface area (Å²) in [6.45, 7) is 4.27. The molecule has 134 valence electrons. The summed E-state index contributed by atoms with van der Waals surface area (Å²) in [7, 11) is 1.75. The van der Waals surface area contributed by atoms with E-state index in [0.29, 0.717) is 12.8 Å². The molecule has 0 aliphatic heterocycles. The Labute approximate surface area is 137 Å². The monoisotopic (exact) mass is 317 g/mol. The summed E-state index contributed by atoms with van der Waals surface area (Å²) in [5.41, 5.74) is -0.913. The van der Waals surface area contributed by atoms with Crippen molar-refractivity contribution in [2.24, 2.45) is 0 Å². The minimum Gasteiger partial charge on any atom is -0.376 e. The largest absolute Gasteiger partial charge is 0.376 e. The van der Waals surface area contributed by atoms with Gasteiger partial charge in [-0.2, -0.15) is 0 Å². The second kappa shape index (κ2) is 13.3. The Kier molecular flexibility index (Phi) is 13.2. The maximum atomic E-state index is 10.6. The first kappa shape index (κ1) is 21.8. The van der Waals surface area contributed by atoms with Gasteiger partial charge in [0.25, 0.3) is 0 Å². The average Bonchev–Trinajstić information content (AvgIpc) is 2.48. The van der Waals surface area contributed by atoms with E-state index in [2.05, 4.69) is 6.92 Å². The summed E-state index contributed by atoms with van der Waals surface area (Å²) in [5.74, 6) is 0. The van der Waals surface area contributed by atoms with Crippen molar-refractivity contribution in [3.05, 3.63) is 0 Å². The summed E-state index contributed by atoms with van der Waals surface area (Å²) < 4.78 is 0. The molecule has 0 aliphatic carbocycles. The third kappa shape index (κ3) is 10.5. The highest BCUT2D eigenvalue weighted by Gasteiger charge is 2.29. The molecule has 1 atom stereocenters. The summed E-state index contributed by atoms with van der Waals surface area (Å²) >= 11 is 0. The van der Waals surface area contributed by atoms with Crippen molar-refractivity contribution in [1.82, 2.24) is 4.90 Å². The Bertz CT molecular complexity index is 248. The first-order valence-corrected chi connectivity index (χ1v) is 9.26. The Morgan fingerprint density at radius 3 is 1.68 bits per heavy atom. The molecule has 22 heavy (non-hydrogen) atoms. The number of nitrogens with zero attached hydrogens (tertiary/aromatic N) is 1. The lowest BCUT2D eigenvalue weighted by Crippen LogP contribution is -2.49. The third-order valence-corrected chi connectivity index (χ3v) is 4.64. The summed E-state index contributed by atoms with van der Waals surface area (Å²) in [6.07, 6.45) is 12.7. The molecule has 0 aliphatic rings.